The molecule has 0 spiro atoms. The van der Waals surface area contributed by atoms with Gasteiger partial charge >= 0.3 is 0 Å². The number of nitrogens with zero attached hydrogens (tertiary/aromatic N) is 2. The lowest BCUT2D eigenvalue weighted by molar-refractivity contribution is -0.111. The Labute approximate surface area is 178 Å². The largest absolute Gasteiger partial charge is 0.493 e. The average Bonchev–Trinajstić information content (AvgIpc) is 3.20. The van der Waals surface area contributed by atoms with E-state index in [0.29, 0.717) is 17.2 Å². The van der Waals surface area contributed by atoms with Gasteiger partial charge in [-0.1, -0.05) is 18.2 Å². The van der Waals surface area contributed by atoms with Crippen LogP contribution >= 0.6 is 0 Å². The zero-order chi connectivity index (χ0) is 21.6. The number of aromatic nitrogens is 2. The molecular formula is C24H20FN3O3. The molecule has 0 bridgehead atoms. The van der Waals surface area contributed by atoms with E-state index in [4.69, 9.17) is 9.47 Å². The number of imidazole rings is 1. The molecular weight excluding hydrogens is 397 g/mol. The van der Waals surface area contributed by atoms with Gasteiger partial charge in [-0.3, -0.25) is 4.79 Å². The second-order valence-corrected chi connectivity index (χ2v) is 6.73. The fourth-order valence-electron chi connectivity index (χ4n) is 3.01. The summed E-state index contributed by atoms with van der Waals surface area (Å²) >= 11 is 0. The van der Waals surface area contributed by atoms with Crippen LogP contribution in [0.2, 0.25) is 0 Å². The predicted molar refractivity (Wildman–Crippen MR) is 117 cm³/mol. The molecule has 0 aliphatic rings. The average molecular weight is 417 g/mol. The highest BCUT2D eigenvalue weighted by Crippen LogP contribution is 2.31. The molecule has 4 aromatic rings. The Morgan fingerprint density at radius 1 is 1.13 bits per heavy atom. The van der Waals surface area contributed by atoms with Crippen LogP contribution in [0.5, 0.6) is 11.5 Å². The van der Waals surface area contributed by atoms with E-state index >= 15 is 0 Å². The standard InChI is InChI=1S/C24H20FN3O3/c1-30-21-11-10-19(27-24(29)12-7-17-5-8-18(25)9-6-17)14-22(21)31-16-20-15-28-13-3-2-4-23(28)26-20/h2-15H,16H2,1H3,(H,27,29). The van der Waals surface area contributed by atoms with E-state index in [2.05, 4.69) is 10.3 Å². The minimum absolute atomic E-state index is 0.250. The molecule has 0 saturated heterocycles. The third-order valence-corrected chi connectivity index (χ3v) is 4.52. The smallest absolute Gasteiger partial charge is 0.248 e. The molecule has 0 radical (unpaired) electrons. The molecule has 0 atom stereocenters. The van der Waals surface area contributed by atoms with Crippen LogP contribution in [0.25, 0.3) is 11.7 Å². The molecule has 1 N–H and O–H groups in total. The van der Waals surface area contributed by atoms with E-state index in [1.165, 1.54) is 18.2 Å². The number of carbonyl (C=O) groups is 1. The number of anilines is 1. The number of carbonyl (C=O) groups excluding carboxylic acids is 1. The maximum Gasteiger partial charge on any atom is 0.248 e. The number of amides is 1. The lowest BCUT2D eigenvalue weighted by Gasteiger charge is -2.12. The summed E-state index contributed by atoms with van der Waals surface area (Å²) in [6.07, 6.45) is 6.81. The highest BCUT2D eigenvalue weighted by molar-refractivity contribution is 6.02. The first-order chi connectivity index (χ1) is 15.1. The summed E-state index contributed by atoms with van der Waals surface area (Å²) in [5.74, 6) is 0.389. The van der Waals surface area contributed by atoms with E-state index in [9.17, 15) is 9.18 Å². The van der Waals surface area contributed by atoms with Crippen LogP contribution in [0.15, 0.2) is 79.1 Å². The summed E-state index contributed by atoms with van der Waals surface area (Å²) < 4.78 is 26.1. The van der Waals surface area contributed by atoms with E-state index in [0.717, 1.165) is 16.9 Å². The Bertz CT molecular complexity index is 1200. The van der Waals surface area contributed by atoms with E-state index in [1.54, 1.807) is 43.5 Å². The number of halogens is 1. The molecule has 2 heterocycles. The highest BCUT2D eigenvalue weighted by atomic mass is 19.1. The van der Waals surface area contributed by atoms with Gasteiger partial charge < -0.3 is 19.2 Å². The minimum Gasteiger partial charge on any atom is -0.493 e. The molecule has 2 aromatic carbocycles. The Morgan fingerprint density at radius 3 is 2.74 bits per heavy atom. The maximum absolute atomic E-state index is 13.0. The van der Waals surface area contributed by atoms with Crippen molar-refractivity contribution in [2.75, 3.05) is 12.4 Å². The molecule has 4 rings (SSSR count). The number of methoxy groups -OCH3 is 1. The summed E-state index contributed by atoms with van der Waals surface area (Å²) in [4.78, 5) is 16.7. The number of hydrogen-bond acceptors (Lipinski definition) is 4. The Morgan fingerprint density at radius 2 is 1.97 bits per heavy atom. The van der Waals surface area contributed by atoms with Crippen molar-refractivity contribution < 1.29 is 18.7 Å². The number of nitrogens with one attached hydrogen (secondary N) is 1. The normalized spacial score (nSPS) is 11.0. The Kier molecular flexibility index (Phi) is 5.93. The Balaban J connectivity index is 1.43. The van der Waals surface area contributed by atoms with Crippen molar-refractivity contribution in [2.45, 2.75) is 6.61 Å². The molecule has 1 amide bonds. The zero-order valence-electron chi connectivity index (χ0n) is 16.8. The fourth-order valence-corrected chi connectivity index (χ4v) is 3.01. The topological polar surface area (TPSA) is 64.9 Å². The number of rotatable bonds is 7. The van der Waals surface area contributed by atoms with Crippen LogP contribution in [-0.2, 0) is 11.4 Å². The minimum atomic E-state index is -0.323. The van der Waals surface area contributed by atoms with Crippen molar-refractivity contribution in [1.29, 1.82) is 0 Å². The number of hydrogen-bond donors (Lipinski definition) is 1. The second-order valence-electron chi connectivity index (χ2n) is 6.73. The summed E-state index contributed by atoms with van der Waals surface area (Å²) in [6, 6.07) is 16.8. The van der Waals surface area contributed by atoms with E-state index < -0.39 is 0 Å². The van der Waals surface area contributed by atoms with Crippen LogP contribution in [0, 0.1) is 5.82 Å². The van der Waals surface area contributed by atoms with Gasteiger partial charge in [0, 0.05) is 30.2 Å². The van der Waals surface area contributed by atoms with Gasteiger partial charge in [-0.05, 0) is 48.0 Å². The van der Waals surface area contributed by atoms with Crippen molar-refractivity contribution in [3.05, 3.63) is 96.2 Å². The van der Waals surface area contributed by atoms with Gasteiger partial charge in [-0.15, -0.1) is 0 Å². The highest BCUT2D eigenvalue weighted by Gasteiger charge is 2.09. The third kappa shape index (κ3) is 5.08. The number of pyridine rings is 1. The first-order valence-corrected chi connectivity index (χ1v) is 9.59. The molecule has 156 valence electrons. The monoisotopic (exact) mass is 417 g/mol. The van der Waals surface area contributed by atoms with Crippen LogP contribution in [0.4, 0.5) is 10.1 Å². The molecule has 0 aliphatic carbocycles. The van der Waals surface area contributed by atoms with Gasteiger partial charge in [-0.25, -0.2) is 9.37 Å². The van der Waals surface area contributed by atoms with Gasteiger partial charge in [0.1, 0.15) is 18.1 Å². The van der Waals surface area contributed by atoms with E-state index in [-0.39, 0.29) is 18.3 Å². The van der Waals surface area contributed by atoms with Gasteiger partial charge in [0.2, 0.25) is 5.91 Å². The molecule has 7 heteroatoms. The number of benzene rings is 2. The first kappa shape index (κ1) is 20.2. The molecule has 0 aliphatic heterocycles. The molecule has 0 fully saturated rings. The van der Waals surface area contributed by atoms with Crippen molar-refractivity contribution in [1.82, 2.24) is 9.38 Å². The van der Waals surface area contributed by atoms with Crippen LogP contribution < -0.4 is 14.8 Å². The predicted octanol–water partition coefficient (Wildman–Crippen LogP) is 4.71. The van der Waals surface area contributed by atoms with Crippen molar-refractivity contribution in [3.63, 3.8) is 0 Å². The fraction of sp³-hybridized carbons (Fsp3) is 0.0833. The van der Waals surface area contributed by atoms with Gasteiger partial charge in [-0.2, -0.15) is 0 Å². The second kappa shape index (κ2) is 9.13. The van der Waals surface area contributed by atoms with Crippen molar-refractivity contribution >= 4 is 23.3 Å². The number of fused-ring (bicyclic) bond motifs is 1. The van der Waals surface area contributed by atoms with Gasteiger partial charge in [0.05, 0.1) is 12.8 Å². The zero-order valence-corrected chi connectivity index (χ0v) is 16.8. The van der Waals surface area contributed by atoms with E-state index in [1.807, 2.05) is 35.0 Å². The SMILES string of the molecule is COc1ccc(NC(=O)C=Cc2ccc(F)cc2)cc1OCc1cn2ccccc2n1. The van der Waals surface area contributed by atoms with Crippen molar-refractivity contribution in [3.8, 4) is 11.5 Å². The Hall–Kier alpha value is -4.13. The summed E-state index contributed by atoms with van der Waals surface area (Å²) in [5.41, 5.74) is 2.88. The summed E-state index contributed by atoms with van der Waals surface area (Å²) in [5, 5.41) is 2.78. The quantitative estimate of drug-likeness (QED) is 0.442. The molecule has 0 unspecified atom stereocenters. The van der Waals surface area contributed by atoms with Crippen molar-refractivity contribution in [2.24, 2.45) is 0 Å². The summed E-state index contributed by atoms with van der Waals surface area (Å²) in [6.45, 7) is 0.250. The van der Waals surface area contributed by atoms with Crippen LogP contribution in [-0.4, -0.2) is 22.4 Å². The molecule has 31 heavy (non-hydrogen) atoms. The lowest BCUT2D eigenvalue weighted by atomic mass is 10.2. The first-order valence-electron chi connectivity index (χ1n) is 9.59. The van der Waals surface area contributed by atoms with Gasteiger partial charge in [0.15, 0.2) is 11.5 Å². The van der Waals surface area contributed by atoms with Crippen LogP contribution in [0.1, 0.15) is 11.3 Å². The van der Waals surface area contributed by atoms with Gasteiger partial charge in [0.25, 0.3) is 0 Å². The lowest BCUT2D eigenvalue weighted by Crippen LogP contribution is -2.08. The third-order valence-electron chi connectivity index (χ3n) is 4.52. The molecule has 0 saturated carbocycles. The van der Waals surface area contributed by atoms with Crippen LogP contribution in [0.3, 0.4) is 0 Å². The molecule has 6 nitrogen and oxygen atoms in total. The molecule has 2 aromatic heterocycles. The summed E-state index contributed by atoms with van der Waals surface area (Å²) in [7, 11) is 1.55. The number of ether oxygens (including phenoxy) is 2. The maximum atomic E-state index is 13.0.